The Labute approximate surface area is 164 Å². The molecule has 2 aliphatic rings. The van der Waals surface area contributed by atoms with Crippen molar-refractivity contribution in [3.8, 4) is 0 Å². The van der Waals surface area contributed by atoms with E-state index in [9.17, 15) is 19.2 Å². The summed E-state index contributed by atoms with van der Waals surface area (Å²) in [5.41, 5.74) is -0.329. The third-order valence-electron chi connectivity index (χ3n) is 5.56. The van der Waals surface area contributed by atoms with Crippen molar-refractivity contribution < 1.29 is 19.2 Å². The molecule has 5 amide bonds. The highest BCUT2D eigenvalue weighted by Crippen LogP contribution is 2.21. The van der Waals surface area contributed by atoms with E-state index in [1.807, 2.05) is 25.1 Å². The molecule has 2 saturated heterocycles. The van der Waals surface area contributed by atoms with Crippen LogP contribution in [0, 0.1) is 0 Å². The van der Waals surface area contributed by atoms with Crippen LogP contribution in [0.25, 0.3) is 0 Å². The molecule has 0 saturated carbocycles. The number of likely N-dealkylation sites (tertiary alicyclic amines) is 1. The topological polar surface area (TPSA) is 98.8 Å². The summed E-state index contributed by atoms with van der Waals surface area (Å²) in [5.74, 6) is -0.737. The Hall–Kier alpha value is -2.90. The number of hydrogen-bond acceptors (Lipinski definition) is 4. The number of nitrogens with one attached hydrogen (secondary N) is 2. The zero-order valence-corrected chi connectivity index (χ0v) is 16.2. The second kappa shape index (κ2) is 8.00. The van der Waals surface area contributed by atoms with Crippen LogP contribution < -0.4 is 10.6 Å². The van der Waals surface area contributed by atoms with Gasteiger partial charge in [-0.3, -0.25) is 19.3 Å². The maximum atomic E-state index is 12.6. The third kappa shape index (κ3) is 4.00. The maximum Gasteiger partial charge on any atom is 0.325 e. The quantitative estimate of drug-likeness (QED) is 0.741. The minimum absolute atomic E-state index is 0.00291. The van der Waals surface area contributed by atoms with Crippen molar-refractivity contribution >= 4 is 23.8 Å². The molecule has 0 aliphatic carbocycles. The molecule has 0 bridgehead atoms. The summed E-state index contributed by atoms with van der Waals surface area (Å²) in [6.07, 6.45) is 1.74. The van der Waals surface area contributed by atoms with Gasteiger partial charge in [0.25, 0.3) is 11.8 Å². The first-order valence-electron chi connectivity index (χ1n) is 9.62. The second-order valence-electron chi connectivity index (χ2n) is 7.50. The van der Waals surface area contributed by atoms with Crippen LogP contribution in [0.15, 0.2) is 30.3 Å². The fourth-order valence-corrected chi connectivity index (χ4v) is 3.50. The molecule has 0 radical (unpaired) electrons. The van der Waals surface area contributed by atoms with Crippen molar-refractivity contribution in [3.63, 3.8) is 0 Å². The van der Waals surface area contributed by atoms with Crippen LogP contribution in [0.1, 0.15) is 43.5 Å². The molecule has 1 aromatic carbocycles. The van der Waals surface area contributed by atoms with Gasteiger partial charge in [0, 0.05) is 24.7 Å². The van der Waals surface area contributed by atoms with Gasteiger partial charge in [-0.2, -0.15) is 0 Å². The third-order valence-corrected chi connectivity index (χ3v) is 5.56. The summed E-state index contributed by atoms with van der Waals surface area (Å²) in [7, 11) is 0. The summed E-state index contributed by atoms with van der Waals surface area (Å²) in [5, 5.41) is 5.65. The number of hydrogen-bond donors (Lipinski definition) is 2. The Balaban J connectivity index is 1.50. The number of nitrogens with zero attached hydrogens (tertiary/aromatic N) is 2. The van der Waals surface area contributed by atoms with Crippen molar-refractivity contribution in [2.24, 2.45) is 0 Å². The van der Waals surface area contributed by atoms with Crippen LogP contribution in [0.4, 0.5) is 4.79 Å². The van der Waals surface area contributed by atoms with E-state index in [1.54, 1.807) is 24.0 Å². The molecule has 8 nitrogen and oxygen atoms in total. The van der Waals surface area contributed by atoms with Crippen molar-refractivity contribution in [2.45, 2.75) is 44.7 Å². The molecule has 0 spiro atoms. The molecular formula is C20H26N4O4. The largest absolute Gasteiger partial charge is 0.349 e. The van der Waals surface area contributed by atoms with Crippen molar-refractivity contribution in [3.05, 3.63) is 35.9 Å². The van der Waals surface area contributed by atoms with E-state index in [-0.39, 0.29) is 30.3 Å². The van der Waals surface area contributed by atoms with Crippen LogP contribution >= 0.6 is 0 Å². The van der Waals surface area contributed by atoms with Crippen LogP contribution in [0.5, 0.6) is 0 Å². The number of imide groups is 1. The molecule has 1 unspecified atom stereocenters. The van der Waals surface area contributed by atoms with Crippen LogP contribution in [-0.4, -0.2) is 64.8 Å². The zero-order valence-electron chi connectivity index (χ0n) is 16.2. The zero-order chi connectivity index (χ0) is 20.3. The summed E-state index contributed by atoms with van der Waals surface area (Å²) in [6.45, 7) is 4.19. The average molecular weight is 386 g/mol. The molecule has 28 heavy (non-hydrogen) atoms. The number of rotatable bonds is 5. The van der Waals surface area contributed by atoms with E-state index in [2.05, 4.69) is 10.6 Å². The van der Waals surface area contributed by atoms with E-state index in [0.29, 0.717) is 37.9 Å². The van der Waals surface area contributed by atoms with Crippen LogP contribution in [-0.2, 0) is 9.59 Å². The van der Waals surface area contributed by atoms with E-state index in [1.165, 1.54) is 0 Å². The SMILES string of the molecule is CCC1(C)NC(=O)N(CC(=O)N2CCC(NC(=O)c3ccccc3)CC2)C1=O. The molecule has 0 aromatic heterocycles. The summed E-state index contributed by atoms with van der Waals surface area (Å²) >= 11 is 0. The molecule has 2 fully saturated rings. The Morgan fingerprint density at radius 3 is 2.39 bits per heavy atom. The summed E-state index contributed by atoms with van der Waals surface area (Å²) in [6, 6.07) is 8.48. The Morgan fingerprint density at radius 1 is 1.18 bits per heavy atom. The molecule has 3 rings (SSSR count). The van der Waals surface area contributed by atoms with Crippen molar-refractivity contribution in [2.75, 3.05) is 19.6 Å². The molecular weight excluding hydrogens is 360 g/mol. The van der Waals surface area contributed by atoms with E-state index < -0.39 is 11.6 Å². The van der Waals surface area contributed by atoms with Crippen molar-refractivity contribution in [1.82, 2.24) is 20.4 Å². The van der Waals surface area contributed by atoms with Crippen LogP contribution in [0.3, 0.4) is 0 Å². The minimum Gasteiger partial charge on any atom is -0.349 e. The first kappa shape index (κ1) is 19.9. The van der Waals surface area contributed by atoms with Gasteiger partial charge in [-0.15, -0.1) is 0 Å². The number of amides is 5. The summed E-state index contributed by atoms with van der Waals surface area (Å²) in [4.78, 5) is 51.9. The van der Waals surface area contributed by atoms with Gasteiger partial charge in [-0.25, -0.2) is 4.79 Å². The molecule has 1 atom stereocenters. The molecule has 150 valence electrons. The van der Waals surface area contributed by atoms with Gasteiger partial charge < -0.3 is 15.5 Å². The lowest BCUT2D eigenvalue weighted by atomic mass is 9.99. The lowest BCUT2D eigenvalue weighted by Gasteiger charge is -2.33. The maximum absolute atomic E-state index is 12.6. The number of benzene rings is 1. The monoisotopic (exact) mass is 386 g/mol. The second-order valence-corrected chi connectivity index (χ2v) is 7.50. The molecule has 2 N–H and O–H groups in total. The number of carbonyl (C=O) groups is 4. The normalized spacial score (nSPS) is 22.9. The Kier molecular flexibility index (Phi) is 5.67. The highest BCUT2D eigenvalue weighted by Gasteiger charge is 2.47. The Morgan fingerprint density at radius 2 is 1.82 bits per heavy atom. The number of urea groups is 1. The molecule has 1 aromatic rings. The van der Waals surface area contributed by atoms with E-state index >= 15 is 0 Å². The van der Waals surface area contributed by atoms with Gasteiger partial charge in [-0.1, -0.05) is 25.1 Å². The van der Waals surface area contributed by atoms with Gasteiger partial charge in [0.15, 0.2) is 0 Å². The molecule has 8 heteroatoms. The van der Waals surface area contributed by atoms with Crippen LogP contribution in [0.2, 0.25) is 0 Å². The fourth-order valence-electron chi connectivity index (χ4n) is 3.50. The highest BCUT2D eigenvalue weighted by molar-refractivity contribution is 6.08. The van der Waals surface area contributed by atoms with E-state index in [4.69, 9.17) is 0 Å². The van der Waals surface area contributed by atoms with E-state index in [0.717, 1.165) is 4.90 Å². The van der Waals surface area contributed by atoms with Gasteiger partial charge in [-0.05, 0) is 38.3 Å². The molecule has 2 heterocycles. The first-order valence-corrected chi connectivity index (χ1v) is 9.62. The smallest absolute Gasteiger partial charge is 0.325 e. The average Bonchev–Trinajstić information content (AvgIpc) is 2.92. The predicted molar refractivity (Wildman–Crippen MR) is 102 cm³/mol. The Bertz CT molecular complexity index is 774. The first-order chi connectivity index (χ1) is 13.3. The summed E-state index contributed by atoms with van der Waals surface area (Å²) < 4.78 is 0. The predicted octanol–water partition coefficient (Wildman–Crippen LogP) is 1.13. The lowest BCUT2D eigenvalue weighted by Crippen LogP contribution is -2.50. The number of piperidine rings is 1. The standard InChI is InChI=1S/C20H26N4O4/c1-3-20(2)18(27)24(19(28)22-20)13-16(25)23-11-9-15(10-12-23)21-17(26)14-7-5-4-6-8-14/h4-8,15H,3,9-13H2,1-2H3,(H,21,26)(H,22,28). The minimum atomic E-state index is -0.938. The van der Waals surface area contributed by atoms with Gasteiger partial charge in [0.1, 0.15) is 12.1 Å². The molecule has 2 aliphatic heterocycles. The van der Waals surface area contributed by atoms with Crippen molar-refractivity contribution in [1.29, 1.82) is 0 Å². The highest BCUT2D eigenvalue weighted by atomic mass is 16.2. The van der Waals surface area contributed by atoms with Gasteiger partial charge in [0.05, 0.1) is 0 Å². The van der Waals surface area contributed by atoms with Gasteiger partial charge in [0.2, 0.25) is 5.91 Å². The number of carbonyl (C=O) groups excluding carboxylic acids is 4. The van der Waals surface area contributed by atoms with Gasteiger partial charge >= 0.3 is 6.03 Å². The fraction of sp³-hybridized carbons (Fsp3) is 0.500. The lowest BCUT2D eigenvalue weighted by molar-refractivity contribution is -0.139.